The quantitative estimate of drug-likeness (QED) is 0.262. The maximum Gasteiger partial charge on any atom is 0.243 e. The number of nitrogens with zero attached hydrogens (tertiary/aromatic N) is 2. The van der Waals surface area contributed by atoms with Gasteiger partial charge in [0.1, 0.15) is 6.04 Å². The standard InChI is InChI=1S/C35H45N3O4S/c1-27-15-10-12-19-30(27)26-37(34(39)23-14-24-38(43(3,41)42)32-22-13-11-16-28(32)2)33(25-29-17-6-4-7-18-29)35(40)36-31-20-8-5-9-21-31/h4,6-7,10-13,15-19,22,31,33H,5,8-9,14,20-21,23-26H2,1-3H3,(H,36,40)/t33-/m1/s1. The number of aryl methyl sites for hydroxylation is 2. The summed E-state index contributed by atoms with van der Waals surface area (Å²) in [6.45, 7) is 4.36. The first-order valence-corrected chi connectivity index (χ1v) is 17.2. The number of para-hydroxylation sites is 1. The minimum atomic E-state index is -3.56. The molecule has 0 aromatic heterocycles. The van der Waals surface area contributed by atoms with Gasteiger partial charge in [0.05, 0.1) is 11.9 Å². The average Bonchev–Trinajstić information content (AvgIpc) is 2.99. The van der Waals surface area contributed by atoms with Crippen LogP contribution in [0.1, 0.15) is 67.2 Å². The van der Waals surface area contributed by atoms with Crippen LogP contribution in [0.3, 0.4) is 0 Å². The summed E-state index contributed by atoms with van der Waals surface area (Å²) in [5, 5.41) is 3.28. The third kappa shape index (κ3) is 9.17. The number of hydrogen-bond acceptors (Lipinski definition) is 4. The van der Waals surface area contributed by atoms with Gasteiger partial charge in [0.25, 0.3) is 0 Å². The maximum atomic E-state index is 14.1. The summed E-state index contributed by atoms with van der Waals surface area (Å²) in [5.41, 5.74) is 4.48. The fourth-order valence-electron chi connectivity index (χ4n) is 5.89. The van der Waals surface area contributed by atoms with Gasteiger partial charge in [-0.15, -0.1) is 0 Å². The lowest BCUT2D eigenvalue weighted by Gasteiger charge is -2.34. The smallest absolute Gasteiger partial charge is 0.243 e. The second-order valence-corrected chi connectivity index (χ2v) is 13.6. The predicted octanol–water partition coefficient (Wildman–Crippen LogP) is 5.94. The molecule has 2 amide bonds. The zero-order valence-electron chi connectivity index (χ0n) is 25.7. The van der Waals surface area contributed by atoms with Gasteiger partial charge in [-0.3, -0.25) is 13.9 Å². The first kappa shape index (κ1) is 32.3. The van der Waals surface area contributed by atoms with Crippen LogP contribution < -0.4 is 9.62 Å². The average molecular weight is 604 g/mol. The molecular weight excluding hydrogens is 558 g/mol. The predicted molar refractivity (Wildman–Crippen MR) is 173 cm³/mol. The first-order valence-electron chi connectivity index (χ1n) is 15.3. The van der Waals surface area contributed by atoms with Crippen LogP contribution in [0.15, 0.2) is 78.9 Å². The van der Waals surface area contributed by atoms with Crippen LogP contribution >= 0.6 is 0 Å². The van der Waals surface area contributed by atoms with Crippen molar-refractivity contribution in [2.24, 2.45) is 0 Å². The summed E-state index contributed by atoms with van der Waals surface area (Å²) in [5.74, 6) is -0.295. The van der Waals surface area contributed by atoms with Gasteiger partial charge in [-0.25, -0.2) is 8.42 Å². The largest absolute Gasteiger partial charge is 0.352 e. The molecule has 4 rings (SSSR count). The van der Waals surface area contributed by atoms with Crippen LogP contribution in [0, 0.1) is 13.8 Å². The Morgan fingerprint density at radius 2 is 1.49 bits per heavy atom. The summed E-state index contributed by atoms with van der Waals surface area (Å²) in [6.07, 6.45) is 7.32. The molecule has 1 atom stereocenters. The molecule has 1 N–H and O–H groups in total. The van der Waals surface area contributed by atoms with Crippen LogP contribution in [0.2, 0.25) is 0 Å². The first-order chi connectivity index (χ1) is 20.6. The highest BCUT2D eigenvalue weighted by molar-refractivity contribution is 7.92. The lowest BCUT2D eigenvalue weighted by atomic mass is 9.94. The Kier molecular flexibility index (Phi) is 11.4. The second kappa shape index (κ2) is 15.2. The van der Waals surface area contributed by atoms with E-state index in [-0.39, 0.29) is 30.8 Å². The van der Waals surface area contributed by atoms with Crippen molar-refractivity contribution >= 4 is 27.5 Å². The van der Waals surface area contributed by atoms with E-state index >= 15 is 0 Å². The third-order valence-electron chi connectivity index (χ3n) is 8.36. The van der Waals surface area contributed by atoms with Crippen LogP contribution in [-0.2, 0) is 32.6 Å². The Hall–Kier alpha value is -3.65. The van der Waals surface area contributed by atoms with Crippen molar-refractivity contribution in [3.63, 3.8) is 0 Å². The molecule has 0 saturated heterocycles. The van der Waals surface area contributed by atoms with Gasteiger partial charge < -0.3 is 10.2 Å². The van der Waals surface area contributed by atoms with Gasteiger partial charge in [0, 0.05) is 32.0 Å². The number of amides is 2. The third-order valence-corrected chi connectivity index (χ3v) is 9.54. The van der Waals surface area contributed by atoms with Crippen LogP contribution in [0.25, 0.3) is 0 Å². The van der Waals surface area contributed by atoms with Gasteiger partial charge in [-0.05, 0) is 61.4 Å². The summed E-state index contributed by atoms with van der Waals surface area (Å²) in [7, 11) is -3.56. The molecule has 0 bridgehead atoms. The van der Waals surface area contributed by atoms with E-state index in [0.717, 1.165) is 47.9 Å². The zero-order valence-corrected chi connectivity index (χ0v) is 26.5. The summed E-state index contributed by atoms with van der Waals surface area (Å²) in [6, 6.07) is 24.5. The molecule has 0 aliphatic heterocycles. The van der Waals surface area contributed by atoms with E-state index in [1.165, 1.54) is 17.0 Å². The number of carbonyl (C=O) groups is 2. The highest BCUT2D eigenvalue weighted by Crippen LogP contribution is 2.24. The molecule has 1 saturated carbocycles. The number of benzene rings is 3. The number of hydrogen-bond donors (Lipinski definition) is 1. The van der Waals surface area contributed by atoms with E-state index < -0.39 is 16.1 Å². The Balaban J connectivity index is 1.60. The Morgan fingerprint density at radius 3 is 2.14 bits per heavy atom. The van der Waals surface area contributed by atoms with Crippen molar-refractivity contribution in [1.82, 2.24) is 10.2 Å². The molecule has 230 valence electrons. The van der Waals surface area contributed by atoms with Crippen LogP contribution in [0.4, 0.5) is 5.69 Å². The van der Waals surface area contributed by atoms with Crippen molar-refractivity contribution < 1.29 is 18.0 Å². The molecule has 43 heavy (non-hydrogen) atoms. The summed E-state index contributed by atoms with van der Waals surface area (Å²) in [4.78, 5) is 29.8. The molecule has 1 fully saturated rings. The molecule has 0 spiro atoms. The molecule has 7 nitrogen and oxygen atoms in total. The lowest BCUT2D eigenvalue weighted by molar-refractivity contribution is -0.141. The van der Waals surface area contributed by atoms with Crippen molar-refractivity contribution in [2.45, 2.75) is 83.8 Å². The molecule has 0 unspecified atom stereocenters. The van der Waals surface area contributed by atoms with Crippen molar-refractivity contribution in [1.29, 1.82) is 0 Å². The lowest BCUT2D eigenvalue weighted by Crippen LogP contribution is -2.53. The molecule has 3 aromatic rings. The van der Waals surface area contributed by atoms with Crippen LogP contribution in [-0.4, -0.2) is 50.0 Å². The van der Waals surface area contributed by atoms with Crippen molar-refractivity contribution in [3.05, 3.63) is 101 Å². The highest BCUT2D eigenvalue weighted by Gasteiger charge is 2.32. The van der Waals surface area contributed by atoms with Crippen molar-refractivity contribution in [3.8, 4) is 0 Å². The topological polar surface area (TPSA) is 86.8 Å². The highest BCUT2D eigenvalue weighted by atomic mass is 32.2. The molecule has 1 aliphatic carbocycles. The molecule has 1 aliphatic rings. The van der Waals surface area contributed by atoms with Gasteiger partial charge in [0.15, 0.2) is 0 Å². The van der Waals surface area contributed by atoms with Crippen molar-refractivity contribution in [2.75, 3.05) is 17.1 Å². The van der Waals surface area contributed by atoms with Gasteiger partial charge in [0.2, 0.25) is 21.8 Å². The number of carbonyl (C=O) groups excluding carboxylic acids is 2. The van der Waals surface area contributed by atoms with E-state index in [1.807, 2.05) is 86.6 Å². The molecule has 0 heterocycles. The maximum absolute atomic E-state index is 14.1. The molecule has 8 heteroatoms. The Labute approximate surface area is 257 Å². The van der Waals surface area contributed by atoms with E-state index in [0.29, 0.717) is 25.1 Å². The monoisotopic (exact) mass is 603 g/mol. The van der Waals surface area contributed by atoms with Gasteiger partial charge in [-0.2, -0.15) is 0 Å². The summed E-state index contributed by atoms with van der Waals surface area (Å²) >= 11 is 0. The number of nitrogens with one attached hydrogen (secondary N) is 1. The normalized spacial score (nSPS) is 14.6. The number of sulfonamides is 1. The second-order valence-electron chi connectivity index (χ2n) is 11.7. The van der Waals surface area contributed by atoms with Gasteiger partial charge >= 0.3 is 0 Å². The Bertz CT molecular complexity index is 1470. The van der Waals surface area contributed by atoms with E-state index in [4.69, 9.17) is 0 Å². The van der Waals surface area contributed by atoms with E-state index in [9.17, 15) is 18.0 Å². The van der Waals surface area contributed by atoms with Gasteiger partial charge in [-0.1, -0.05) is 92.1 Å². The summed E-state index contributed by atoms with van der Waals surface area (Å²) < 4.78 is 26.9. The Morgan fingerprint density at radius 1 is 0.860 bits per heavy atom. The zero-order chi connectivity index (χ0) is 30.8. The minimum Gasteiger partial charge on any atom is -0.352 e. The number of anilines is 1. The molecular formula is C35H45N3O4S. The SMILES string of the molecule is Cc1ccccc1CN(C(=O)CCCN(c1ccccc1C)S(C)(=O)=O)[C@H](Cc1ccccc1)C(=O)NC1CCCCC1. The minimum absolute atomic E-state index is 0.117. The molecule has 0 radical (unpaired) electrons. The fraction of sp³-hybridized carbons (Fsp3) is 0.429. The molecule has 3 aromatic carbocycles. The van der Waals surface area contributed by atoms with E-state index in [1.54, 1.807) is 11.0 Å². The van der Waals surface area contributed by atoms with E-state index in [2.05, 4.69) is 5.32 Å². The number of rotatable bonds is 13. The fourth-order valence-corrected chi connectivity index (χ4v) is 6.92. The van der Waals surface area contributed by atoms with Crippen LogP contribution in [0.5, 0.6) is 0 Å².